The molecule has 1 aliphatic heterocycles. The van der Waals surface area contributed by atoms with E-state index in [2.05, 4.69) is 20.9 Å². The molecule has 0 N–H and O–H groups in total. The van der Waals surface area contributed by atoms with Crippen LogP contribution in [0.1, 0.15) is 5.56 Å². The summed E-state index contributed by atoms with van der Waals surface area (Å²) >= 11 is 4.79. The first-order chi connectivity index (χ1) is 13.1. The molecule has 2 heterocycles. The summed E-state index contributed by atoms with van der Waals surface area (Å²) in [5, 5.41) is 2.16. The first kappa shape index (κ1) is 18.3. The summed E-state index contributed by atoms with van der Waals surface area (Å²) in [4.78, 5) is 4.43. The third kappa shape index (κ3) is 3.67. The van der Waals surface area contributed by atoms with Gasteiger partial charge in [0.15, 0.2) is 16.6 Å². The van der Waals surface area contributed by atoms with Crippen LogP contribution >= 0.6 is 27.3 Å². The molecule has 0 amide bonds. The molecule has 1 aromatic heterocycles. The van der Waals surface area contributed by atoms with Gasteiger partial charge in [-0.2, -0.15) is 0 Å². The average Bonchev–Trinajstić information content (AvgIpc) is 3.21. The van der Waals surface area contributed by atoms with E-state index in [4.69, 9.17) is 9.47 Å². The van der Waals surface area contributed by atoms with Crippen LogP contribution in [0.5, 0.6) is 11.5 Å². The Morgan fingerprint density at radius 2 is 1.81 bits per heavy atom. The molecule has 0 atom stereocenters. The standard InChI is InChI=1S/C18H15BrN2O4S2/c19-15-11-17-16(24-7-8-25-17)10-13(15)12-21(18-20-6-9-26-18)27(22,23)14-4-2-1-3-5-14/h1-6,9-11H,7-8,12H2. The second-order valence-corrected chi connectivity index (χ2v) is 9.32. The summed E-state index contributed by atoms with van der Waals surface area (Å²) in [6.45, 7) is 1.07. The van der Waals surface area contributed by atoms with Crippen molar-refractivity contribution in [1.82, 2.24) is 4.98 Å². The summed E-state index contributed by atoms with van der Waals surface area (Å²) in [7, 11) is -3.77. The lowest BCUT2D eigenvalue weighted by Crippen LogP contribution is -2.30. The first-order valence-corrected chi connectivity index (χ1v) is 11.2. The molecule has 27 heavy (non-hydrogen) atoms. The molecule has 0 saturated heterocycles. The molecular formula is C18H15BrN2O4S2. The number of nitrogens with zero attached hydrogens (tertiary/aromatic N) is 2. The Bertz CT molecular complexity index is 1040. The minimum atomic E-state index is -3.77. The molecular weight excluding hydrogens is 452 g/mol. The number of anilines is 1. The smallest absolute Gasteiger partial charge is 0.266 e. The zero-order valence-electron chi connectivity index (χ0n) is 14.0. The highest BCUT2D eigenvalue weighted by Gasteiger charge is 2.28. The van der Waals surface area contributed by atoms with Crippen molar-refractivity contribution in [2.24, 2.45) is 0 Å². The van der Waals surface area contributed by atoms with Gasteiger partial charge in [0.25, 0.3) is 10.0 Å². The molecule has 3 aromatic rings. The minimum Gasteiger partial charge on any atom is -0.486 e. The van der Waals surface area contributed by atoms with Crippen molar-refractivity contribution in [2.75, 3.05) is 17.5 Å². The lowest BCUT2D eigenvalue weighted by atomic mass is 10.2. The molecule has 0 bridgehead atoms. The van der Waals surface area contributed by atoms with Gasteiger partial charge in [0, 0.05) is 16.0 Å². The van der Waals surface area contributed by atoms with E-state index in [1.54, 1.807) is 54.0 Å². The largest absolute Gasteiger partial charge is 0.486 e. The van der Waals surface area contributed by atoms with Crippen LogP contribution in [0.2, 0.25) is 0 Å². The fourth-order valence-electron chi connectivity index (χ4n) is 2.70. The van der Waals surface area contributed by atoms with Crippen molar-refractivity contribution in [3.8, 4) is 11.5 Å². The normalized spacial score (nSPS) is 13.4. The van der Waals surface area contributed by atoms with Crippen LogP contribution in [-0.2, 0) is 16.6 Å². The Morgan fingerprint density at radius 3 is 2.48 bits per heavy atom. The van der Waals surface area contributed by atoms with Gasteiger partial charge in [-0.15, -0.1) is 11.3 Å². The van der Waals surface area contributed by atoms with Gasteiger partial charge in [0.05, 0.1) is 11.4 Å². The zero-order chi connectivity index (χ0) is 18.9. The third-order valence-electron chi connectivity index (χ3n) is 3.99. The van der Waals surface area contributed by atoms with E-state index in [0.29, 0.717) is 29.8 Å². The van der Waals surface area contributed by atoms with Crippen LogP contribution in [0.4, 0.5) is 5.13 Å². The lowest BCUT2D eigenvalue weighted by molar-refractivity contribution is 0.171. The summed E-state index contributed by atoms with van der Waals surface area (Å²) in [6.07, 6.45) is 1.59. The van der Waals surface area contributed by atoms with Crippen LogP contribution in [0.15, 0.2) is 63.4 Å². The molecule has 0 fully saturated rings. The number of rotatable bonds is 5. The van der Waals surface area contributed by atoms with Crippen LogP contribution in [-0.4, -0.2) is 26.6 Å². The van der Waals surface area contributed by atoms with Gasteiger partial charge >= 0.3 is 0 Å². The predicted octanol–water partition coefficient (Wildman–Crippen LogP) is 4.07. The van der Waals surface area contributed by atoms with Crippen molar-refractivity contribution < 1.29 is 17.9 Å². The number of benzene rings is 2. The van der Waals surface area contributed by atoms with Gasteiger partial charge in [0.1, 0.15) is 13.2 Å². The number of ether oxygens (including phenoxy) is 2. The highest BCUT2D eigenvalue weighted by molar-refractivity contribution is 9.10. The quantitative estimate of drug-likeness (QED) is 0.566. The molecule has 0 saturated carbocycles. The number of hydrogen-bond donors (Lipinski definition) is 0. The van der Waals surface area contributed by atoms with Crippen molar-refractivity contribution in [3.63, 3.8) is 0 Å². The monoisotopic (exact) mass is 466 g/mol. The number of sulfonamides is 1. The SMILES string of the molecule is O=S(=O)(c1ccccc1)N(Cc1cc2c(cc1Br)OCCO2)c1nccs1. The van der Waals surface area contributed by atoms with E-state index < -0.39 is 10.0 Å². The number of halogens is 1. The van der Waals surface area contributed by atoms with Gasteiger partial charge < -0.3 is 9.47 Å². The Balaban J connectivity index is 1.76. The van der Waals surface area contributed by atoms with E-state index in [1.807, 2.05) is 0 Å². The Labute approximate surface area is 169 Å². The maximum absolute atomic E-state index is 13.3. The molecule has 0 spiro atoms. The Kier molecular flexibility index (Phi) is 5.07. The molecule has 1 aliphatic rings. The molecule has 0 radical (unpaired) electrons. The molecule has 6 nitrogen and oxygen atoms in total. The number of thiazole rings is 1. The van der Waals surface area contributed by atoms with Gasteiger partial charge in [-0.25, -0.2) is 17.7 Å². The van der Waals surface area contributed by atoms with Crippen molar-refractivity contribution in [1.29, 1.82) is 0 Å². The maximum atomic E-state index is 13.3. The van der Waals surface area contributed by atoms with Gasteiger partial charge in [-0.05, 0) is 29.8 Å². The van der Waals surface area contributed by atoms with Crippen LogP contribution < -0.4 is 13.8 Å². The number of hydrogen-bond acceptors (Lipinski definition) is 6. The van der Waals surface area contributed by atoms with Crippen molar-refractivity contribution in [3.05, 3.63) is 64.1 Å². The zero-order valence-corrected chi connectivity index (χ0v) is 17.3. The molecule has 0 unspecified atom stereocenters. The van der Waals surface area contributed by atoms with Crippen molar-refractivity contribution in [2.45, 2.75) is 11.4 Å². The predicted molar refractivity (Wildman–Crippen MR) is 107 cm³/mol. The van der Waals surface area contributed by atoms with E-state index in [-0.39, 0.29) is 11.4 Å². The fraction of sp³-hybridized carbons (Fsp3) is 0.167. The van der Waals surface area contributed by atoms with Crippen molar-refractivity contribution >= 4 is 42.4 Å². The van der Waals surface area contributed by atoms with E-state index in [0.717, 1.165) is 10.0 Å². The van der Waals surface area contributed by atoms with E-state index in [1.165, 1.54) is 15.6 Å². The maximum Gasteiger partial charge on any atom is 0.266 e. The third-order valence-corrected chi connectivity index (χ3v) is 7.39. The summed E-state index contributed by atoms with van der Waals surface area (Å²) < 4.78 is 39.8. The second-order valence-electron chi connectivity index (χ2n) is 5.73. The summed E-state index contributed by atoms with van der Waals surface area (Å²) in [5.74, 6) is 1.25. The Hall–Kier alpha value is -2.10. The highest BCUT2D eigenvalue weighted by Crippen LogP contribution is 2.37. The first-order valence-electron chi connectivity index (χ1n) is 8.11. The van der Waals surface area contributed by atoms with E-state index in [9.17, 15) is 8.42 Å². The average molecular weight is 467 g/mol. The number of aromatic nitrogens is 1. The topological polar surface area (TPSA) is 68.7 Å². The minimum absolute atomic E-state index is 0.113. The van der Waals surface area contributed by atoms with E-state index >= 15 is 0 Å². The summed E-state index contributed by atoms with van der Waals surface area (Å²) in [6, 6.07) is 12.0. The molecule has 140 valence electrons. The van der Waals surface area contributed by atoms with Crippen LogP contribution in [0.3, 0.4) is 0 Å². The van der Waals surface area contributed by atoms with Crippen LogP contribution in [0.25, 0.3) is 0 Å². The van der Waals surface area contributed by atoms with Gasteiger partial charge in [0.2, 0.25) is 0 Å². The molecule has 4 rings (SSSR count). The van der Waals surface area contributed by atoms with Gasteiger partial charge in [-0.3, -0.25) is 0 Å². The summed E-state index contributed by atoms with van der Waals surface area (Å²) in [5.41, 5.74) is 0.758. The number of fused-ring (bicyclic) bond motifs is 1. The van der Waals surface area contributed by atoms with Gasteiger partial charge in [-0.1, -0.05) is 34.1 Å². The fourth-order valence-corrected chi connectivity index (χ4v) is 5.43. The Morgan fingerprint density at radius 1 is 1.11 bits per heavy atom. The lowest BCUT2D eigenvalue weighted by Gasteiger charge is -2.24. The highest BCUT2D eigenvalue weighted by atomic mass is 79.9. The van der Waals surface area contributed by atoms with Crippen LogP contribution in [0, 0.1) is 0 Å². The molecule has 9 heteroatoms. The molecule has 2 aromatic carbocycles. The molecule has 0 aliphatic carbocycles. The second kappa shape index (κ2) is 7.49.